The molecule has 0 fully saturated rings. The summed E-state index contributed by atoms with van der Waals surface area (Å²) in [6, 6.07) is 6.98. The maximum atomic E-state index is 13.2. The summed E-state index contributed by atoms with van der Waals surface area (Å²) in [5.74, 6) is 0.237. The highest BCUT2D eigenvalue weighted by Crippen LogP contribution is 2.33. The third-order valence-electron chi connectivity index (χ3n) is 4.57. The summed E-state index contributed by atoms with van der Waals surface area (Å²) in [5.41, 5.74) is 0.737. The molecule has 29 heavy (non-hydrogen) atoms. The number of hydrogen-bond acceptors (Lipinski definition) is 7. The van der Waals surface area contributed by atoms with E-state index in [9.17, 15) is 14.0 Å². The molecule has 0 bridgehead atoms. The number of rotatable bonds is 4. The zero-order valence-corrected chi connectivity index (χ0v) is 15.6. The zero-order valence-electron chi connectivity index (χ0n) is 14.8. The number of fused-ring (bicyclic) bond motifs is 2. The molecule has 146 valence electrons. The van der Waals surface area contributed by atoms with Crippen molar-refractivity contribution in [3.05, 3.63) is 59.0 Å². The van der Waals surface area contributed by atoms with Gasteiger partial charge < -0.3 is 9.84 Å². The van der Waals surface area contributed by atoms with Gasteiger partial charge in [-0.2, -0.15) is 5.10 Å². The van der Waals surface area contributed by atoms with Gasteiger partial charge in [-0.1, -0.05) is 16.9 Å². The lowest BCUT2D eigenvalue weighted by molar-refractivity contribution is -0.116. The second-order valence-corrected chi connectivity index (χ2v) is 7.43. The molecular weight excluding hydrogens is 399 g/mol. The van der Waals surface area contributed by atoms with Gasteiger partial charge in [0.25, 0.3) is 5.56 Å². The Kier molecular flexibility index (Phi) is 4.16. The van der Waals surface area contributed by atoms with Crippen molar-refractivity contribution in [2.45, 2.75) is 17.6 Å². The minimum absolute atomic E-state index is 0.103. The molecule has 9 nitrogen and oxygen atoms in total. The summed E-state index contributed by atoms with van der Waals surface area (Å²) in [6.45, 7) is 0. The first kappa shape index (κ1) is 17.6. The van der Waals surface area contributed by atoms with Crippen molar-refractivity contribution >= 4 is 34.5 Å². The summed E-state index contributed by atoms with van der Waals surface area (Å²) in [5, 5.41) is 11.4. The Hall–Kier alpha value is -3.47. The van der Waals surface area contributed by atoms with E-state index in [-0.39, 0.29) is 29.7 Å². The van der Waals surface area contributed by atoms with Crippen molar-refractivity contribution in [1.29, 1.82) is 0 Å². The van der Waals surface area contributed by atoms with Gasteiger partial charge in [0.1, 0.15) is 17.5 Å². The monoisotopic (exact) mass is 412 g/mol. The molecule has 0 saturated heterocycles. The average molecular weight is 412 g/mol. The van der Waals surface area contributed by atoms with Gasteiger partial charge in [0.2, 0.25) is 5.91 Å². The molecule has 0 aliphatic carbocycles. The predicted molar refractivity (Wildman–Crippen MR) is 103 cm³/mol. The molecule has 1 aromatic carbocycles. The molecule has 1 atom stereocenters. The number of aromatic nitrogens is 5. The fraction of sp³-hybridized carbons (Fsp3) is 0.167. The Morgan fingerprint density at radius 1 is 1.31 bits per heavy atom. The van der Waals surface area contributed by atoms with Crippen molar-refractivity contribution in [1.82, 2.24) is 24.5 Å². The minimum Gasteiger partial charge on any atom is -0.363 e. The van der Waals surface area contributed by atoms with Crippen LogP contribution in [0.1, 0.15) is 12.5 Å². The molecule has 0 saturated carbocycles. The quantitative estimate of drug-likeness (QED) is 0.513. The van der Waals surface area contributed by atoms with E-state index in [0.29, 0.717) is 33.4 Å². The van der Waals surface area contributed by atoms with Crippen LogP contribution in [0.5, 0.6) is 0 Å². The largest absolute Gasteiger partial charge is 0.363 e. The second-order valence-electron chi connectivity index (χ2n) is 6.44. The fourth-order valence-corrected chi connectivity index (χ4v) is 4.37. The van der Waals surface area contributed by atoms with Crippen LogP contribution in [0.4, 0.5) is 10.2 Å². The van der Waals surface area contributed by atoms with E-state index in [4.69, 9.17) is 4.52 Å². The van der Waals surface area contributed by atoms with Gasteiger partial charge >= 0.3 is 0 Å². The first-order valence-electron chi connectivity index (χ1n) is 8.69. The maximum Gasteiger partial charge on any atom is 0.265 e. The minimum atomic E-state index is -0.360. The lowest BCUT2D eigenvalue weighted by Gasteiger charge is -2.12. The van der Waals surface area contributed by atoms with Crippen LogP contribution < -0.4 is 10.9 Å². The highest BCUT2D eigenvalue weighted by Gasteiger charge is 2.29. The van der Waals surface area contributed by atoms with Crippen LogP contribution in [0.25, 0.3) is 16.7 Å². The van der Waals surface area contributed by atoms with Crippen molar-refractivity contribution in [3.63, 3.8) is 0 Å². The van der Waals surface area contributed by atoms with Crippen LogP contribution in [-0.2, 0) is 4.79 Å². The predicted octanol–water partition coefficient (Wildman–Crippen LogP) is 2.38. The van der Waals surface area contributed by atoms with Crippen LogP contribution in [0, 0.1) is 5.82 Å². The number of carbonyl (C=O) groups excluding carboxylic acids is 1. The summed E-state index contributed by atoms with van der Waals surface area (Å²) in [6.07, 6.45) is 2.91. The lowest BCUT2D eigenvalue weighted by Crippen LogP contribution is -2.27. The Morgan fingerprint density at radius 3 is 2.90 bits per heavy atom. The Balaban J connectivity index is 1.48. The summed E-state index contributed by atoms with van der Waals surface area (Å²) in [7, 11) is 0. The number of halogens is 1. The summed E-state index contributed by atoms with van der Waals surface area (Å²) >= 11 is 1.40. The van der Waals surface area contributed by atoms with Gasteiger partial charge in [-0.25, -0.2) is 14.1 Å². The first-order valence-corrected chi connectivity index (χ1v) is 9.68. The van der Waals surface area contributed by atoms with Gasteiger partial charge in [-0.15, -0.1) is 0 Å². The molecule has 1 N–H and O–H groups in total. The Bertz CT molecular complexity index is 1270. The van der Waals surface area contributed by atoms with Gasteiger partial charge in [0.05, 0.1) is 17.9 Å². The van der Waals surface area contributed by atoms with E-state index >= 15 is 0 Å². The molecular formula is C18H13FN6O3S. The van der Waals surface area contributed by atoms with E-state index in [2.05, 4.69) is 20.6 Å². The number of nitrogens with zero attached hydrogens (tertiary/aromatic N) is 5. The Morgan fingerprint density at radius 2 is 2.14 bits per heavy atom. The van der Waals surface area contributed by atoms with E-state index < -0.39 is 0 Å². The van der Waals surface area contributed by atoms with Crippen molar-refractivity contribution in [2.24, 2.45) is 0 Å². The van der Waals surface area contributed by atoms with E-state index in [1.54, 1.807) is 12.1 Å². The van der Waals surface area contributed by atoms with Gasteiger partial charge in [-0.05, 0) is 24.3 Å². The van der Waals surface area contributed by atoms with Crippen molar-refractivity contribution < 1.29 is 13.7 Å². The normalized spacial score (nSPS) is 15.6. The van der Waals surface area contributed by atoms with E-state index in [0.717, 1.165) is 0 Å². The van der Waals surface area contributed by atoms with Crippen LogP contribution in [-0.4, -0.2) is 36.1 Å². The molecule has 1 aliphatic rings. The molecule has 0 spiro atoms. The van der Waals surface area contributed by atoms with E-state index in [1.165, 1.54) is 51.7 Å². The molecule has 0 radical (unpaired) electrons. The average Bonchev–Trinajstić information content (AvgIpc) is 3.43. The van der Waals surface area contributed by atoms with Gasteiger partial charge in [0, 0.05) is 18.2 Å². The number of nitrogens with one attached hydrogen (secondary N) is 1. The number of carbonyl (C=O) groups is 1. The number of thioether (sulfide) groups is 1. The molecule has 4 heterocycles. The summed E-state index contributed by atoms with van der Waals surface area (Å²) in [4.78, 5) is 29.9. The molecule has 1 aliphatic heterocycles. The van der Waals surface area contributed by atoms with Crippen LogP contribution in [0.3, 0.4) is 0 Å². The first-order chi connectivity index (χ1) is 14.1. The van der Waals surface area contributed by atoms with E-state index in [1.807, 2.05) is 0 Å². The molecule has 1 unspecified atom stereocenters. The topological polar surface area (TPSA) is 108 Å². The molecule has 11 heteroatoms. The second kappa shape index (κ2) is 6.85. The van der Waals surface area contributed by atoms with Crippen LogP contribution >= 0.6 is 11.8 Å². The third-order valence-corrected chi connectivity index (χ3v) is 5.67. The standard InChI is InChI=1S/C18H13FN6O3S/c19-10-1-3-11(4-2-10)25-16-13(8-20-25)17(27)24-12(9-29-18(24)22-16)7-15(26)21-14-5-6-28-23-14/h1-6,8,12H,7,9H2,(H,21,23,26). The molecule has 5 rings (SSSR count). The lowest BCUT2D eigenvalue weighted by atomic mass is 10.2. The molecule has 1 amide bonds. The van der Waals surface area contributed by atoms with Gasteiger partial charge in [0.15, 0.2) is 16.6 Å². The SMILES string of the molecule is O=C(CC1CSc2nc3c(cnn3-c3ccc(F)cc3)c(=O)n21)Nc1ccon1. The highest BCUT2D eigenvalue weighted by molar-refractivity contribution is 7.99. The third kappa shape index (κ3) is 3.09. The van der Waals surface area contributed by atoms with Crippen molar-refractivity contribution in [3.8, 4) is 5.69 Å². The highest BCUT2D eigenvalue weighted by atomic mass is 32.2. The zero-order chi connectivity index (χ0) is 20.0. The summed E-state index contributed by atoms with van der Waals surface area (Å²) < 4.78 is 20.9. The maximum absolute atomic E-state index is 13.2. The number of anilines is 1. The molecule has 3 aromatic heterocycles. The molecule has 4 aromatic rings. The van der Waals surface area contributed by atoms with Crippen molar-refractivity contribution in [2.75, 3.05) is 11.1 Å². The smallest absolute Gasteiger partial charge is 0.265 e. The number of benzene rings is 1. The van der Waals surface area contributed by atoms with Gasteiger partial charge in [-0.3, -0.25) is 14.2 Å². The number of amides is 1. The van der Waals surface area contributed by atoms with Crippen LogP contribution in [0.15, 0.2) is 57.3 Å². The Labute approximate surface area is 166 Å². The number of hydrogen-bond donors (Lipinski definition) is 1. The van der Waals surface area contributed by atoms with Crippen LogP contribution in [0.2, 0.25) is 0 Å². The fourth-order valence-electron chi connectivity index (χ4n) is 3.24.